The van der Waals surface area contributed by atoms with Gasteiger partial charge in [-0.3, -0.25) is 0 Å². The zero-order valence-corrected chi connectivity index (χ0v) is 9.96. The molecule has 0 N–H and O–H groups in total. The zero-order valence-electron chi connectivity index (χ0n) is 9.20. The second kappa shape index (κ2) is 4.33. The van der Waals surface area contributed by atoms with Crippen LogP contribution in [-0.4, -0.2) is 32.6 Å². The van der Waals surface area contributed by atoms with Gasteiger partial charge in [0.05, 0.1) is 12.5 Å². The monoisotopic (exact) mass is 249 g/mol. The minimum Gasteiger partial charge on any atom is -0.354 e. The Kier molecular flexibility index (Phi) is 2.68. The van der Waals surface area contributed by atoms with E-state index in [2.05, 4.69) is 24.4 Å². The van der Waals surface area contributed by atoms with Gasteiger partial charge in [0.2, 0.25) is 0 Å². The van der Waals surface area contributed by atoms with Gasteiger partial charge in [0, 0.05) is 37.9 Å². The number of nitrogens with zero attached hydrogens (tertiary/aromatic N) is 5. The Morgan fingerprint density at radius 3 is 2.94 bits per heavy atom. The van der Waals surface area contributed by atoms with E-state index in [0.29, 0.717) is 10.9 Å². The number of anilines is 1. The van der Waals surface area contributed by atoms with Crippen LogP contribution >= 0.6 is 11.6 Å². The van der Waals surface area contributed by atoms with E-state index in [9.17, 15) is 0 Å². The summed E-state index contributed by atoms with van der Waals surface area (Å²) in [6.07, 6.45) is 8.80. The molecule has 0 saturated carbocycles. The smallest absolute Gasteiger partial charge is 0.150 e. The molecule has 5 nitrogen and oxygen atoms in total. The van der Waals surface area contributed by atoms with E-state index in [0.717, 1.165) is 25.5 Å². The third kappa shape index (κ3) is 2.10. The van der Waals surface area contributed by atoms with Crippen molar-refractivity contribution in [1.29, 1.82) is 0 Å². The largest absolute Gasteiger partial charge is 0.354 e. The van der Waals surface area contributed by atoms with Crippen molar-refractivity contribution in [2.24, 2.45) is 5.92 Å². The molecule has 88 valence electrons. The van der Waals surface area contributed by atoms with Crippen molar-refractivity contribution in [1.82, 2.24) is 19.5 Å². The molecule has 6 heteroatoms. The molecule has 17 heavy (non-hydrogen) atoms. The Morgan fingerprint density at radius 1 is 1.35 bits per heavy atom. The van der Waals surface area contributed by atoms with Gasteiger partial charge in [-0.25, -0.2) is 15.0 Å². The van der Waals surface area contributed by atoms with E-state index in [1.54, 1.807) is 12.4 Å². The summed E-state index contributed by atoms with van der Waals surface area (Å²) < 4.78 is 2.10. The summed E-state index contributed by atoms with van der Waals surface area (Å²) in [5, 5.41) is 0.619. The first kappa shape index (κ1) is 10.5. The highest BCUT2D eigenvalue weighted by molar-refractivity contribution is 6.32. The Labute approximate surface area is 104 Å². The number of hydrogen-bond donors (Lipinski definition) is 0. The second-order valence-corrected chi connectivity index (χ2v) is 4.63. The molecular formula is C11H12ClN5. The first-order valence-electron chi connectivity index (χ1n) is 5.49. The highest BCUT2D eigenvalue weighted by atomic mass is 35.5. The minimum absolute atomic E-state index is 0.619. The summed E-state index contributed by atoms with van der Waals surface area (Å²) in [6, 6.07) is 0. The summed E-state index contributed by atoms with van der Waals surface area (Å²) >= 11 is 6.04. The summed E-state index contributed by atoms with van der Waals surface area (Å²) in [7, 11) is 0. The Hall–Kier alpha value is -1.62. The highest BCUT2D eigenvalue weighted by Gasteiger charge is 2.29. The van der Waals surface area contributed by atoms with E-state index in [4.69, 9.17) is 11.6 Å². The maximum Gasteiger partial charge on any atom is 0.150 e. The normalized spacial score (nSPS) is 15.9. The highest BCUT2D eigenvalue weighted by Crippen LogP contribution is 2.28. The third-order valence-electron chi connectivity index (χ3n) is 2.93. The van der Waals surface area contributed by atoms with Crippen molar-refractivity contribution in [3.63, 3.8) is 0 Å². The molecule has 2 aromatic heterocycles. The average Bonchev–Trinajstić information content (AvgIpc) is 2.77. The summed E-state index contributed by atoms with van der Waals surface area (Å²) in [4.78, 5) is 14.3. The van der Waals surface area contributed by atoms with Gasteiger partial charge in [-0.05, 0) is 0 Å². The molecule has 0 radical (unpaired) electrons. The fraction of sp³-hybridized carbons (Fsp3) is 0.364. The van der Waals surface area contributed by atoms with Gasteiger partial charge in [-0.1, -0.05) is 11.6 Å². The van der Waals surface area contributed by atoms with Crippen LogP contribution in [0.15, 0.2) is 31.2 Å². The van der Waals surface area contributed by atoms with Crippen LogP contribution in [0.4, 0.5) is 5.82 Å². The third-order valence-corrected chi connectivity index (χ3v) is 3.20. The molecule has 0 aliphatic carbocycles. The first-order chi connectivity index (χ1) is 8.33. The van der Waals surface area contributed by atoms with E-state index < -0.39 is 0 Å². The molecule has 3 heterocycles. The van der Waals surface area contributed by atoms with Crippen LogP contribution in [0, 0.1) is 5.92 Å². The van der Waals surface area contributed by atoms with Crippen LogP contribution in [0.25, 0.3) is 0 Å². The number of hydrogen-bond acceptors (Lipinski definition) is 4. The molecule has 1 saturated heterocycles. The van der Waals surface area contributed by atoms with Crippen LogP contribution in [-0.2, 0) is 6.54 Å². The number of aromatic nitrogens is 4. The van der Waals surface area contributed by atoms with E-state index in [1.165, 1.54) is 6.33 Å². The van der Waals surface area contributed by atoms with E-state index in [-0.39, 0.29) is 0 Å². The van der Waals surface area contributed by atoms with E-state index in [1.807, 2.05) is 12.5 Å². The summed E-state index contributed by atoms with van der Waals surface area (Å²) in [6.45, 7) is 2.96. The lowest BCUT2D eigenvalue weighted by molar-refractivity contribution is 0.355. The van der Waals surface area contributed by atoms with Crippen molar-refractivity contribution in [3.8, 4) is 0 Å². The molecule has 0 aromatic carbocycles. The molecule has 1 aliphatic rings. The van der Waals surface area contributed by atoms with Gasteiger partial charge in [0.25, 0.3) is 0 Å². The summed E-state index contributed by atoms with van der Waals surface area (Å²) in [5.74, 6) is 1.47. The van der Waals surface area contributed by atoms with Crippen molar-refractivity contribution in [2.75, 3.05) is 18.0 Å². The van der Waals surface area contributed by atoms with Crippen LogP contribution in [0.5, 0.6) is 0 Å². The van der Waals surface area contributed by atoms with Gasteiger partial charge in [-0.2, -0.15) is 0 Å². The fourth-order valence-corrected chi connectivity index (χ4v) is 2.31. The lowest BCUT2D eigenvalue weighted by atomic mass is 10.0. The van der Waals surface area contributed by atoms with Gasteiger partial charge in [0.15, 0.2) is 5.82 Å². The van der Waals surface area contributed by atoms with Crippen LogP contribution in [0.2, 0.25) is 5.02 Å². The van der Waals surface area contributed by atoms with Crippen molar-refractivity contribution in [3.05, 3.63) is 36.3 Å². The van der Waals surface area contributed by atoms with Crippen molar-refractivity contribution in [2.45, 2.75) is 6.54 Å². The van der Waals surface area contributed by atoms with Gasteiger partial charge >= 0.3 is 0 Å². The first-order valence-corrected chi connectivity index (χ1v) is 5.87. The van der Waals surface area contributed by atoms with Crippen molar-refractivity contribution < 1.29 is 0 Å². The van der Waals surface area contributed by atoms with Gasteiger partial charge < -0.3 is 9.47 Å². The molecule has 3 rings (SSSR count). The zero-order chi connectivity index (χ0) is 11.7. The Morgan fingerprint density at radius 2 is 2.24 bits per heavy atom. The Bertz CT molecular complexity index is 492. The van der Waals surface area contributed by atoms with Crippen LogP contribution in [0.1, 0.15) is 0 Å². The maximum absolute atomic E-state index is 6.04. The Balaban J connectivity index is 1.60. The fourth-order valence-electron chi connectivity index (χ4n) is 2.09. The molecule has 0 bridgehead atoms. The SMILES string of the molecule is Clc1cncnc1N1CC(Cn2ccnc2)C1. The van der Waals surface area contributed by atoms with Gasteiger partial charge in [-0.15, -0.1) is 0 Å². The molecular weight excluding hydrogens is 238 g/mol. The maximum atomic E-state index is 6.04. The van der Waals surface area contributed by atoms with Crippen LogP contribution in [0.3, 0.4) is 0 Å². The predicted octanol–water partition coefficient (Wildman–Crippen LogP) is 1.46. The predicted molar refractivity (Wildman–Crippen MR) is 65.0 cm³/mol. The number of imidazole rings is 1. The lowest BCUT2D eigenvalue weighted by Crippen LogP contribution is -2.49. The lowest BCUT2D eigenvalue weighted by Gasteiger charge is -2.40. The van der Waals surface area contributed by atoms with Crippen molar-refractivity contribution >= 4 is 17.4 Å². The van der Waals surface area contributed by atoms with E-state index >= 15 is 0 Å². The molecule has 0 unspecified atom stereocenters. The molecule has 1 fully saturated rings. The molecule has 0 spiro atoms. The molecule has 1 aliphatic heterocycles. The molecule has 0 atom stereocenters. The van der Waals surface area contributed by atoms with Gasteiger partial charge in [0.1, 0.15) is 11.3 Å². The number of halogens is 1. The molecule has 2 aromatic rings. The molecule has 0 amide bonds. The topological polar surface area (TPSA) is 46.8 Å². The second-order valence-electron chi connectivity index (χ2n) is 4.22. The summed E-state index contributed by atoms with van der Waals surface area (Å²) in [5.41, 5.74) is 0. The van der Waals surface area contributed by atoms with Crippen LogP contribution < -0.4 is 4.90 Å². The standard InChI is InChI=1S/C11H12ClN5/c12-10-3-14-7-15-11(10)17-5-9(6-17)4-16-2-1-13-8-16/h1-3,7-9H,4-6H2. The minimum atomic E-state index is 0.619. The quantitative estimate of drug-likeness (QED) is 0.826. The number of rotatable bonds is 3. The average molecular weight is 250 g/mol.